The molecule has 0 nitrogen and oxygen atoms in total. The third-order valence-corrected chi connectivity index (χ3v) is 3.32. The molecule has 2 aromatic rings. The molecule has 0 saturated heterocycles. The molecule has 78 valence electrons. The van der Waals surface area contributed by atoms with Crippen LogP contribution in [0, 0.1) is 0 Å². The van der Waals surface area contributed by atoms with Crippen LogP contribution in [-0.2, 0) is 0 Å². The van der Waals surface area contributed by atoms with Crippen LogP contribution in [0.2, 0.25) is 0 Å². The zero-order chi connectivity index (χ0) is 10.3. The van der Waals surface area contributed by atoms with Gasteiger partial charge in [-0.15, -0.1) is 0 Å². The first-order chi connectivity index (χ1) is 7.40. The maximum atomic E-state index is 2.33. The van der Waals surface area contributed by atoms with Crippen LogP contribution in [0.4, 0.5) is 0 Å². The van der Waals surface area contributed by atoms with Crippen LogP contribution in [0.15, 0.2) is 42.5 Å². The Bertz CT molecular complexity index is 535. The predicted octanol–water partition coefficient (Wildman–Crippen LogP) is 3.98. The third kappa shape index (κ3) is 1.52. The summed E-state index contributed by atoms with van der Waals surface area (Å²) < 4.78 is 0. The monoisotopic (exact) mass is 222 g/mol. The third-order valence-electron chi connectivity index (χ3n) is 3.32. The van der Waals surface area contributed by atoms with Gasteiger partial charge in [-0.3, -0.25) is 0 Å². The second-order valence-electron chi connectivity index (χ2n) is 4.17. The van der Waals surface area contributed by atoms with Gasteiger partial charge < -0.3 is 0 Å². The Kier molecular flexibility index (Phi) is 2.97. The van der Waals surface area contributed by atoms with E-state index >= 15 is 0 Å². The fourth-order valence-electron chi connectivity index (χ4n) is 2.53. The lowest BCUT2D eigenvalue weighted by Crippen LogP contribution is -1.99. The molecule has 0 aliphatic heterocycles. The van der Waals surface area contributed by atoms with Crippen molar-refractivity contribution in [3.63, 3.8) is 0 Å². The van der Waals surface area contributed by atoms with Gasteiger partial charge in [-0.25, -0.2) is 0 Å². The van der Waals surface area contributed by atoms with Gasteiger partial charge in [-0.05, 0) is 28.3 Å². The Morgan fingerprint density at radius 1 is 1.06 bits per heavy atom. The summed E-state index contributed by atoms with van der Waals surface area (Å²) in [5.74, 6) is 0.601. The van der Waals surface area contributed by atoms with E-state index in [1.54, 1.807) is 0 Å². The Morgan fingerprint density at radius 3 is 2.56 bits per heavy atom. The van der Waals surface area contributed by atoms with E-state index in [-0.39, 0.29) is 11.0 Å². The molecule has 2 aromatic carbocycles. The minimum Gasteiger partial charge on any atom is -0.0764 e. The Hall–Kier alpha value is -1.34. The van der Waals surface area contributed by atoms with Crippen molar-refractivity contribution in [1.82, 2.24) is 0 Å². The Morgan fingerprint density at radius 2 is 1.81 bits per heavy atom. The van der Waals surface area contributed by atoms with E-state index in [4.69, 9.17) is 0 Å². The molecule has 1 aliphatic carbocycles. The summed E-state index contributed by atoms with van der Waals surface area (Å²) in [6, 6.07) is 13.2. The zero-order valence-electron chi connectivity index (χ0n) is 9.40. The molecule has 0 amide bonds. The molecule has 1 atom stereocenters. The van der Waals surface area contributed by atoms with Gasteiger partial charge in [0.05, 0.1) is 0 Å². The van der Waals surface area contributed by atoms with Gasteiger partial charge in [0.1, 0.15) is 0 Å². The molecule has 3 rings (SSSR count). The first kappa shape index (κ1) is 11.2. The van der Waals surface area contributed by atoms with E-state index in [2.05, 4.69) is 55.5 Å². The highest BCUT2D eigenvalue weighted by Gasteiger charge is 2.14. The van der Waals surface area contributed by atoms with Crippen molar-refractivity contribution < 1.29 is 0 Å². The van der Waals surface area contributed by atoms with Crippen molar-refractivity contribution in [3.05, 3.63) is 53.6 Å². The van der Waals surface area contributed by atoms with Crippen LogP contribution in [0.25, 0.3) is 16.8 Å². The van der Waals surface area contributed by atoms with E-state index < -0.39 is 0 Å². The van der Waals surface area contributed by atoms with Gasteiger partial charge in [0.2, 0.25) is 0 Å². The van der Waals surface area contributed by atoms with Crippen LogP contribution < -0.4 is 0 Å². The fourth-order valence-corrected chi connectivity index (χ4v) is 2.53. The van der Waals surface area contributed by atoms with Crippen LogP contribution in [0.1, 0.15) is 30.4 Å². The molecule has 1 unspecified atom stereocenters. The lowest BCUT2D eigenvalue weighted by Gasteiger charge is -2.19. The molecular formula is C15H14Si. The van der Waals surface area contributed by atoms with Crippen molar-refractivity contribution >= 4 is 27.8 Å². The molecule has 0 saturated carbocycles. The van der Waals surface area contributed by atoms with Crippen LogP contribution in [0.5, 0.6) is 0 Å². The van der Waals surface area contributed by atoms with Crippen molar-refractivity contribution in [3.8, 4) is 0 Å². The Balaban J connectivity index is 0.000000963. The summed E-state index contributed by atoms with van der Waals surface area (Å²) in [6.45, 7) is 2.25. The maximum Gasteiger partial charge on any atom is 0.00250 e. The van der Waals surface area contributed by atoms with Gasteiger partial charge in [-0.2, -0.15) is 0 Å². The van der Waals surface area contributed by atoms with Crippen molar-refractivity contribution in [2.24, 2.45) is 0 Å². The van der Waals surface area contributed by atoms with E-state index in [9.17, 15) is 0 Å². The zero-order valence-corrected chi connectivity index (χ0v) is 10.4. The molecule has 16 heavy (non-hydrogen) atoms. The van der Waals surface area contributed by atoms with E-state index in [1.165, 1.54) is 28.3 Å². The number of hydrogen-bond donors (Lipinski definition) is 0. The highest BCUT2D eigenvalue weighted by atomic mass is 28.1. The molecule has 0 heterocycles. The fraction of sp³-hybridized carbons (Fsp3) is 0.200. The topological polar surface area (TPSA) is 0 Å². The first-order valence-electron chi connectivity index (χ1n) is 5.60. The number of hydrogen-bond acceptors (Lipinski definition) is 0. The van der Waals surface area contributed by atoms with Crippen molar-refractivity contribution in [2.75, 3.05) is 0 Å². The Labute approximate surface area is 101 Å². The quantitative estimate of drug-likeness (QED) is 0.640. The number of benzene rings is 2. The lowest BCUT2D eigenvalue weighted by molar-refractivity contribution is 0.812. The van der Waals surface area contributed by atoms with E-state index in [0.717, 1.165) is 0 Å². The van der Waals surface area contributed by atoms with Gasteiger partial charge in [0.15, 0.2) is 0 Å². The second-order valence-corrected chi connectivity index (χ2v) is 4.17. The molecule has 4 radical (unpaired) electrons. The average Bonchev–Trinajstić information content (AvgIpc) is 2.30. The second kappa shape index (κ2) is 4.26. The van der Waals surface area contributed by atoms with Gasteiger partial charge in [-0.1, -0.05) is 55.5 Å². The average molecular weight is 222 g/mol. The molecular weight excluding hydrogens is 208 g/mol. The van der Waals surface area contributed by atoms with Crippen molar-refractivity contribution in [2.45, 2.75) is 19.3 Å². The maximum absolute atomic E-state index is 2.33. The smallest absolute Gasteiger partial charge is 0.00250 e. The minimum absolute atomic E-state index is 0. The number of rotatable bonds is 1. The molecule has 1 heteroatoms. The lowest BCUT2D eigenvalue weighted by atomic mass is 9.85. The molecule has 0 spiro atoms. The summed E-state index contributed by atoms with van der Waals surface area (Å²) in [4.78, 5) is 0. The first-order valence-corrected chi connectivity index (χ1v) is 5.60. The normalized spacial score (nSPS) is 17.2. The van der Waals surface area contributed by atoms with Gasteiger partial charge in [0, 0.05) is 16.9 Å². The predicted molar refractivity (Wildman–Crippen MR) is 71.8 cm³/mol. The highest BCUT2D eigenvalue weighted by Crippen LogP contribution is 2.35. The largest absolute Gasteiger partial charge is 0.0764 e. The van der Waals surface area contributed by atoms with Crippen LogP contribution >= 0.6 is 0 Å². The van der Waals surface area contributed by atoms with Crippen LogP contribution in [0.3, 0.4) is 0 Å². The van der Waals surface area contributed by atoms with Crippen molar-refractivity contribution in [1.29, 1.82) is 0 Å². The summed E-state index contributed by atoms with van der Waals surface area (Å²) >= 11 is 0. The summed E-state index contributed by atoms with van der Waals surface area (Å²) in [5.41, 5.74) is 2.86. The van der Waals surface area contributed by atoms with Gasteiger partial charge >= 0.3 is 0 Å². The summed E-state index contributed by atoms with van der Waals surface area (Å²) in [7, 11) is 0. The SMILES string of the molecule is CCC1C=Cc2cccc3cccc1c23.[Si]. The molecule has 1 aliphatic rings. The number of allylic oxidation sites excluding steroid dienone is 1. The highest BCUT2D eigenvalue weighted by molar-refractivity contribution is 5.95. The molecule has 0 aromatic heterocycles. The minimum atomic E-state index is 0. The summed E-state index contributed by atoms with van der Waals surface area (Å²) in [5, 5.41) is 2.82. The molecule has 0 N–H and O–H groups in total. The molecule has 0 bridgehead atoms. The van der Waals surface area contributed by atoms with E-state index in [1.807, 2.05) is 0 Å². The van der Waals surface area contributed by atoms with Crippen LogP contribution in [-0.4, -0.2) is 11.0 Å². The molecule has 0 fully saturated rings. The van der Waals surface area contributed by atoms with E-state index in [0.29, 0.717) is 5.92 Å². The standard InChI is InChI=1S/C15H14.Si/c1-2-11-9-10-13-6-3-5-12-7-4-8-14(11)15(12)13;/h3-11H,2H2,1H3;. The van der Waals surface area contributed by atoms with Gasteiger partial charge in [0.25, 0.3) is 0 Å². The summed E-state index contributed by atoms with van der Waals surface area (Å²) in [6.07, 6.45) is 5.78.